The number of halogens is 2. The third kappa shape index (κ3) is 4.67. The molecule has 0 spiro atoms. The van der Waals surface area contributed by atoms with Crippen LogP contribution in [-0.4, -0.2) is 42.0 Å². The number of urea groups is 1. The Labute approximate surface area is 197 Å². The molecule has 0 atom stereocenters. The van der Waals surface area contributed by atoms with Gasteiger partial charge in [0.1, 0.15) is 5.75 Å². The maximum absolute atomic E-state index is 13.5. The average molecular weight is 476 g/mol. The molecule has 0 N–H and O–H groups in total. The quantitative estimate of drug-likeness (QED) is 0.464. The number of hydrogen-bond donors (Lipinski definition) is 0. The van der Waals surface area contributed by atoms with E-state index in [4.69, 9.17) is 16.3 Å². The molecule has 5 nitrogen and oxygen atoms in total. The van der Waals surface area contributed by atoms with Crippen LogP contribution in [0.2, 0.25) is 5.02 Å². The SMILES string of the molecule is Cl.O=C(N1CCN(Cc2ccsc2)CC1)N1Cc2ccccc2Oc2ccc(Cl)cc21. The van der Waals surface area contributed by atoms with Crippen molar-refractivity contribution in [1.29, 1.82) is 0 Å². The number of anilines is 1. The van der Waals surface area contributed by atoms with E-state index in [0.717, 1.165) is 30.9 Å². The molecule has 31 heavy (non-hydrogen) atoms. The monoisotopic (exact) mass is 475 g/mol. The van der Waals surface area contributed by atoms with Gasteiger partial charge < -0.3 is 9.64 Å². The van der Waals surface area contributed by atoms with Crippen LogP contribution in [0.1, 0.15) is 11.1 Å². The minimum atomic E-state index is -0.00555. The van der Waals surface area contributed by atoms with E-state index in [9.17, 15) is 4.79 Å². The first-order valence-corrected chi connectivity index (χ1v) is 11.3. The number of ether oxygens (including phenoxy) is 1. The normalized spacial score (nSPS) is 15.9. The summed E-state index contributed by atoms with van der Waals surface area (Å²) in [6, 6.07) is 15.4. The van der Waals surface area contributed by atoms with Crippen molar-refractivity contribution in [2.45, 2.75) is 13.1 Å². The summed E-state index contributed by atoms with van der Waals surface area (Å²) in [7, 11) is 0. The zero-order valence-corrected chi connectivity index (χ0v) is 19.3. The van der Waals surface area contributed by atoms with Crippen LogP contribution < -0.4 is 9.64 Å². The highest BCUT2D eigenvalue weighted by Crippen LogP contribution is 2.40. The fourth-order valence-corrected chi connectivity index (χ4v) is 4.80. The number of carbonyl (C=O) groups is 1. The van der Waals surface area contributed by atoms with Crippen LogP contribution >= 0.6 is 35.3 Å². The second-order valence-corrected chi connectivity index (χ2v) is 8.80. The summed E-state index contributed by atoms with van der Waals surface area (Å²) in [6.45, 7) is 4.54. The first-order chi connectivity index (χ1) is 14.7. The second kappa shape index (κ2) is 9.49. The Bertz CT molecular complexity index is 1050. The molecule has 162 valence electrons. The maximum Gasteiger partial charge on any atom is 0.325 e. The van der Waals surface area contributed by atoms with E-state index >= 15 is 0 Å². The van der Waals surface area contributed by atoms with Gasteiger partial charge in [-0.25, -0.2) is 4.79 Å². The Morgan fingerprint density at radius 1 is 1.03 bits per heavy atom. The van der Waals surface area contributed by atoms with Crippen LogP contribution in [0.4, 0.5) is 10.5 Å². The summed E-state index contributed by atoms with van der Waals surface area (Å²) in [5.74, 6) is 1.42. The number of amides is 2. The van der Waals surface area contributed by atoms with E-state index in [0.29, 0.717) is 36.1 Å². The van der Waals surface area contributed by atoms with Crippen molar-refractivity contribution in [2.75, 3.05) is 31.1 Å². The second-order valence-electron chi connectivity index (χ2n) is 7.59. The number of thiophene rings is 1. The number of hydrogen-bond acceptors (Lipinski definition) is 4. The van der Waals surface area contributed by atoms with Crippen LogP contribution in [0.25, 0.3) is 0 Å². The number of carbonyl (C=O) groups excluding carboxylic acids is 1. The first kappa shape index (κ1) is 22.0. The Morgan fingerprint density at radius 3 is 2.61 bits per heavy atom. The molecule has 3 heterocycles. The fourth-order valence-electron chi connectivity index (χ4n) is 3.98. The molecule has 3 aromatic rings. The molecule has 8 heteroatoms. The van der Waals surface area contributed by atoms with Crippen molar-refractivity contribution >= 4 is 47.1 Å². The Hall–Kier alpha value is -2.25. The molecule has 1 aromatic heterocycles. The molecule has 2 aliphatic heterocycles. The van der Waals surface area contributed by atoms with Gasteiger partial charge in [-0.3, -0.25) is 9.80 Å². The largest absolute Gasteiger partial charge is 0.455 e. The number of piperazine rings is 1. The molecule has 0 unspecified atom stereocenters. The van der Waals surface area contributed by atoms with Gasteiger partial charge in [0.15, 0.2) is 5.75 Å². The third-order valence-electron chi connectivity index (χ3n) is 5.59. The van der Waals surface area contributed by atoms with E-state index in [1.54, 1.807) is 22.3 Å². The van der Waals surface area contributed by atoms with Crippen LogP contribution in [0.15, 0.2) is 59.3 Å². The minimum absolute atomic E-state index is 0. The lowest BCUT2D eigenvalue weighted by atomic mass is 10.2. The molecular weight excluding hydrogens is 453 g/mol. The highest BCUT2D eigenvalue weighted by molar-refractivity contribution is 7.07. The smallest absolute Gasteiger partial charge is 0.325 e. The van der Waals surface area contributed by atoms with Crippen molar-refractivity contribution in [2.24, 2.45) is 0 Å². The molecule has 0 saturated carbocycles. The molecule has 1 saturated heterocycles. The molecular formula is C23H23Cl2N3O2S. The van der Waals surface area contributed by atoms with E-state index in [2.05, 4.69) is 21.7 Å². The zero-order chi connectivity index (χ0) is 20.5. The van der Waals surface area contributed by atoms with Gasteiger partial charge in [-0.1, -0.05) is 29.8 Å². The van der Waals surface area contributed by atoms with Gasteiger partial charge in [0.05, 0.1) is 12.2 Å². The number of benzene rings is 2. The van der Waals surface area contributed by atoms with Gasteiger partial charge in [0, 0.05) is 43.3 Å². The summed E-state index contributed by atoms with van der Waals surface area (Å²) >= 11 is 7.99. The topological polar surface area (TPSA) is 36.0 Å². The van der Waals surface area contributed by atoms with Crippen molar-refractivity contribution in [3.8, 4) is 11.5 Å². The molecule has 2 aromatic carbocycles. The predicted molar refractivity (Wildman–Crippen MR) is 128 cm³/mol. The summed E-state index contributed by atoms with van der Waals surface area (Å²) in [5.41, 5.74) is 3.03. The summed E-state index contributed by atoms with van der Waals surface area (Å²) in [6.07, 6.45) is 0. The highest BCUT2D eigenvalue weighted by Gasteiger charge is 2.30. The molecule has 0 aliphatic carbocycles. The maximum atomic E-state index is 13.5. The summed E-state index contributed by atoms with van der Waals surface area (Å²) in [5, 5.41) is 4.88. The molecule has 0 bridgehead atoms. The number of rotatable bonds is 2. The van der Waals surface area contributed by atoms with Gasteiger partial charge in [0.25, 0.3) is 0 Å². The lowest BCUT2D eigenvalue weighted by Crippen LogP contribution is -2.52. The average Bonchev–Trinajstić information content (AvgIpc) is 3.21. The Morgan fingerprint density at radius 2 is 1.84 bits per heavy atom. The Kier molecular flexibility index (Phi) is 6.72. The lowest BCUT2D eigenvalue weighted by molar-refractivity contribution is 0.139. The van der Waals surface area contributed by atoms with Crippen LogP contribution in [-0.2, 0) is 13.1 Å². The van der Waals surface area contributed by atoms with Gasteiger partial charge in [-0.2, -0.15) is 11.3 Å². The van der Waals surface area contributed by atoms with E-state index in [-0.39, 0.29) is 18.4 Å². The van der Waals surface area contributed by atoms with Crippen molar-refractivity contribution in [1.82, 2.24) is 9.80 Å². The fraction of sp³-hybridized carbons (Fsp3) is 0.261. The first-order valence-electron chi connectivity index (χ1n) is 10.0. The number of para-hydroxylation sites is 1. The standard InChI is InChI=1S/C23H22ClN3O2S.ClH/c24-19-5-6-22-20(13-19)27(15-18-3-1-2-4-21(18)29-22)23(28)26-10-8-25(9-11-26)14-17-7-12-30-16-17;/h1-7,12-13,16H,8-11,14-15H2;1H. The zero-order valence-electron chi connectivity index (χ0n) is 16.9. The van der Waals surface area contributed by atoms with Crippen molar-refractivity contribution in [3.05, 3.63) is 75.4 Å². The molecule has 5 rings (SSSR count). The summed E-state index contributed by atoms with van der Waals surface area (Å²) < 4.78 is 6.12. The summed E-state index contributed by atoms with van der Waals surface area (Å²) in [4.78, 5) is 19.7. The molecule has 2 aliphatic rings. The molecule has 0 radical (unpaired) electrons. The highest BCUT2D eigenvalue weighted by atomic mass is 35.5. The van der Waals surface area contributed by atoms with E-state index < -0.39 is 0 Å². The van der Waals surface area contributed by atoms with Crippen molar-refractivity contribution < 1.29 is 9.53 Å². The Balaban J connectivity index is 0.00000231. The predicted octanol–water partition coefficient (Wildman–Crippen LogP) is 5.87. The van der Waals surface area contributed by atoms with Gasteiger partial charge in [0.2, 0.25) is 0 Å². The van der Waals surface area contributed by atoms with Crippen LogP contribution in [0.3, 0.4) is 0 Å². The minimum Gasteiger partial charge on any atom is -0.455 e. The molecule has 2 amide bonds. The van der Waals surface area contributed by atoms with Crippen molar-refractivity contribution in [3.63, 3.8) is 0 Å². The lowest BCUT2D eigenvalue weighted by Gasteiger charge is -2.37. The number of fused-ring (bicyclic) bond motifs is 2. The van der Waals surface area contributed by atoms with Gasteiger partial charge in [-0.15, -0.1) is 12.4 Å². The van der Waals surface area contributed by atoms with E-state index in [1.165, 1.54) is 5.56 Å². The van der Waals surface area contributed by atoms with Crippen LogP contribution in [0.5, 0.6) is 11.5 Å². The molecule has 1 fully saturated rings. The van der Waals surface area contributed by atoms with Crippen LogP contribution in [0, 0.1) is 0 Å². The van der Waals surface area contributed by atoms with Gasteiger partial charge >= 0.3 is 6.03 Å². The third-order valence-corrected chi connectivity index (χ3v) is 6.56. The van der Waals surface area contributed by atoms with E-state index in [1.807, 2.05) is 41.3 Å². The van der Waals surface area contributed by atoms with Gasteiger partial charge in [-0.05, 0) is 46.7 Å². The number of nitrogens with zero attached hydrogens (tertiary/aromatic N) is 3.